The average molecular weight is 617 g/mol. The molecule has 1 fully saturated rings. The third-order valence-electron chi connectivity index (χ3n) is 8.00. The van der Waals surface area contributed by atoms with Gasteiger partial charge in [0.25, 0.3) is 5.91 Å². The maximum atomic E-state index is 14.1. The Kier molecular flexibility index (Phi) is 8.86. The lowest BCUT2D eigenvalue weighted by atomic mass is 10.1. The smallest absolute Gasteiger partial charge is 0.254 e. The molecule has 3 aromatic carbocycles. The van der Waals surface area contributed by atoms with E-state index in [-0.39, 0.29) is 56.3 Å². The van der Waals surface area contributed by atoms with Crippen molar-refractivity contribution in [3.63, 3.8) is 0 Å². The molecule has 0 spiro atoms. The van der Waals surface area contributed by atoms with Gasteiger partial charge >= 0.3 is 0 Å². The van der Waals surface area contributed by atoms with E-state index in [1.54, 1.807) is 46.2 Å². The van der Waals surface area contributed by atoms with Gasteiger partial charge in [0.15, 0.2) is 16.9 Å². The van der Waals surface area contributed by atoms with Crippen LogP contribution < -0.4 is 14.9 Å². The molecule has 0 aliphatic carbocycles. The molecule has 2 aliphatic rings. The second kappa shape index (κ2) is 13.1. The van der Waals surface area contributed by atoms with Crippen molar-refractivity contribution in [3.8, 4) is 11.5 Å². The molecular formula is C34H33ClN2O7. The lowest BCUT2D eigenvalue weighted by Gasteiger charge is -2.29. The normalized spacial score (nSPS) is 15.5. The molecule has 44 heavy (non-hydrogen) atoms. The highest BCUT2D eigenvalue weighted by molar-refractivity contribution is 6.31. The fraction of sp³-hybridized carbons (Fsp3) is 0.324. The van der Waals surface area contributed by atoms with Gasteiger partial charge in [-0.15, -0.1) is 0 Å². The maximum Gasteiger partial charge on any atom is 0.254 e. The van der Waals surface area contributed by atoms with Crippen LogP contribution in [0.25, 0.3) is 11.0 Å². The lowest BCUT2D eigenvalue weighted by molar-refractivity contribution is -0.133. The van der Waals surface area contributed by atoms with E-state index in [0.717, 1.165) is 30.4 Å². The van der Waals surface area contributed by atoms with Gasteiger partial charge in [-0.05, 0) is 72.9 Å². The molecule has 3 heterocycles. The molecule has 1 saturated heterocycles. The predicted octanol–water partition coefficient (Wildman–Crippen LogP) is 5.59. The number of rotatable bonds is 10. The van der Waals surface area contributed by atoms with Crippen LogP contribution in [0.3, 0.4) is 0 Å². The van der Waals surface area contributed by atoms with Gasteiger partial charge in [-0.1, -0.05) is 36.7 Å². The highest BCUT2D eigenvalue weighted by atomic mass is 35.5. The molecule has 0 saturated carbocycles. The quantitative estimate of drug-likeness (QED) is 0.229. The molecule has 1 aromatic heterocycles. The van der Waals surface area contributed by atoms with Crippen LogP contribution in [0.2, 0.25) is 5.02 Å². The Hall–Kier alpha value is -4.34. The summed E-state index contributed by atoms with van der Waals surface area (Å²) in [5.74, 6) is 0.630. The van der Waals surface area contributed by atoms with Crippen molar-refractivity contribution in [1.29, 1.82) is 0 Å². The fourth-order valence-corrected chi connectivity index (χ4v) is 5.70. The summed E-state index contributed by atoms with van der Waals surface area (Å²) in [6, 6.07) is 17.7. The number of carbonyl (C=O) groups is 2. The van der Waals surface area contributed by atoms with E-state index >= 15 is 0 Å². The first-order chi connectivity index (χ1) is 21.4. The number of nitrogens with zero attached hydrogens (tertiary/aromatic N) is 2. The Labute approximate surface area is 259 Å². The van der Waals surface area contributed by atoms with Gasteiger partial charge in [0.1, 0.15) is 12.1 Å². The summed E-state index contributed by atoms with van der Waals surface area (Å²) in [7, 11) is 0. The molecule has 2 aliphatic heterocycles. The van der Waals surface area contributed by atoms with Crippen LogP contribution in [-0.2, 0) is 29.0 Å². The SMILES string of the molecule is CCc1ccc(C(=O)N(CC(=O)N(Cc2ccc3c(c2)OCO3)Cc2coc3ccc(Cl)cc3c2=O)C[C@@H]2CCCO2)cc1. The monoisotopic (exact) mass is 616 g/mol. The van der Waals surface area contributed by atoms with Crippen LogP contribution in [0.4, 0.5) is 0 Å². The Morgan fingerprint density at radius 2 is 1.73 bits per heavy atom. The van der Waals surface area contributed by atoms with Gasteiger partial charge in [-0.3, -0.25) is 14.4 Å². The van der Waals surface area contributed by atoms with Gasteiger partial charge in [-0.2, -0.15) is 0 Å². The van der Waals surface area contributed by atoms with Crippen molar-refractivity contribution in [2.24, 2.45) is 0 Å². The molecule has 9 nitrogen and oxygen atoms in total. The average Bonchev–Trinajstić information content (AvgIpc) is 3.73. The second-order valence-corrected chi connectivity index (χ2v) is 11.5. The lowest BCUT2D eigenvalue weighted by Crippen LogP contribution is -2.45. The van der Waals surface area contributed by atoms with Crippen LogP contribution >= 0.6 is 11.6 Å². The number of hydrogen-bond acceptors (Lipinski definition) is 7. The van der Waals surface area contributed by atoms with E-state index in [4.69, 9.17) is 30.2 Å². The zero-order valence-corrected chi connectivity index (χ0v) is 25.2. The molecule has 0 unspecified atom stereocenters. The van der Waals surface area contributed by atoms with E-state index < -0.39 is 0 Å². The Morgan fingerprint density at radius 3 is 2.50 bits per heavy atom. The first kappa shape index (κ1) is 29.7. The van der Waals surface area contributed by atoms with Crippen LogP contribution in [-0.4, -0.2) is 54.2 Å². The minimum Gasteiger partial charge on any atom is -0.464 e. The van der Waals surface area contributed by atoms with Gasteiger partial charge in [-0.25, -0.2) is 0 Å². The molecule has 0 radical (unpaired) electrons. The van der Waals surface area contributed by atoms with Crippen molar-refractivity contribution in [3.05, 3.63) is 104 Å². The van der Waals surface area contributed by atoms with Crippen molar-refractivity contribution >= 4 is 34.4 Å². The third-order valence-corrected chi connectivity index (χ3v) is 8.24. The second-order valence-electron chi connectivity index (χ2n) is 11.0. The summed E-state index contributed by atoms with van der Waals surface area (Å²) < 4.78 is 22.6. The number of ether oxygens (including phenoxy) is 3. The Morgan fingerprint density at radius 1 is 0.932 bits per heavy atom. The van der Waals surface area contributed by atoms with Crippen LogP contribution in [0.15, 0.2) is 76.1 Å². The molecule has 0 N–H and O–H groups in total. The number of hydrogen-bond donors (Lipinski definition) is 0. The molecule has 1 atom stereocenters. The number of carbonyl (C=O) groups excluding carboxylic acids is 2. The van der Waals surface area contributed by atoms with Gasteiger partial charge in [0, 0.05) is 30.3 Å². The molecule has 2 amide bonds. The molecule has 228 valence electrons. The summed E-state index contributed by atoms with van der Waals surface area (Å²) in [5, 5.41) is 0.738. The summed E-state index contributed by atoms with van der Waals surface area (Å²) in [4.78, 5) is 44.4. The summed E-state index contributed by atoms with van der Waals surface area (Å²) in [6.07, 6.45) is 3.80. The minimum absolute atomic E-state index is 0.0365. The Balaban J connectivity index is 1.30. The van der Waals surface area contributed by atoms with Crippen molar-refractivity contribution in [2.75, 3.05) is 26.5 Å². The first-order valence-corrected chi connectivity index (χ1v) is 15.1. The summed E-state index contributed by atoms with van der Waals surface area (Å²) in [6.45, 7) is 3.03. The van der Waals surface area contributed by atoms with Crippen molar-refractivity contribution in [2.45, 2.75) is 45.4 Å². The maximum absolute atomic E-state index is 14.1. The number of amides is 2. The topological polar surface area (TPSA) is 98.5 Å². The van der Waals surface area contributed by atoms with Crippen LogP contribution in [0, 0.1) is 0 Å². The summed E-state index contributed by atoms with van der Waals surface area (Å²) in [5.41, 5.74) is 2.82. The van der Waals surface area contributed by atoms with E-state index in [2.05, 4.69) is 6.92 Å². The van der Waals surface area contributed by atoms with Crippen LogP contribution in [0.5, 0.6) is 11.5 Å². The van der Waals surface area contributed by atoms with E-state index in [0.29, 0.717) is 45.2 Å². The molecule has 10 heteroatoms. The number of benzene rings is 3. The number of fused-ring (bicyclic) bond motifs is 2. The Bertz CT molecular complexity index is 1730. The van der Waals surface area contributed by atoms with Gasteiger partial charge < -0.3 is 28.4 Å². The number of aryl methyl sites for hydroxylation is 1. The first-order valence-electron chi connectivity index (χ1n) is 14.7. The van der Waals surface area contributed by atoms with Gasteiger partial charge in [0.2, 0.25) is 12.7 Å². The van der Waals surface area contributed by atoms with Crippen molar-refractivity contribution < 1.29 is 28.2 Å². The summed E-state index contributed by atoms with van der Waals surface area (Å²) >= 11 is 6.16. The van der Waals surface area contributed by atoms with E-state index in [1.165, 1.54) is 6.26 Å². The largest absolute Gasteiger partial charge is 0.464 e. The van der Waals surface area contributed by atoms with Crippen molar-refractivity contribution in [1.82, 2.24) is 9.80 Å². The highest BCUT2D eigenvalue weighted by Gasteiger charge is 2.28. The van der Waals surface area contributed by atoms with E-state index in [9.17, 15) is 14.4 Å². The molecule has 6 rings (SSSR count). The molecule has 0 bridgehead atoms. The standard InChI is InChI=1S/C34H33ClN2O7/c1-2-22-5-8-24(9-6-22)34(40)37(18-27-4-3-13-41-27)19-32(38)36(16-23-7-11-30-31(14-23)44-21-43-30)17-25-20-42-29-12-10-26(35)15-28(29)33(25)39/h5-12,14-15,20,27H,2-4,13,16-19,21H2,1H3/t27-/m0/s1. The fourth-order valence-electron chi connectivity index (χ4n) is 5.53. The highest BCUT2D eigenvalue weighted by Crippen LogP contribution is 2.33. The van der Waals surface area contributed by atoms with Crippen LogP contribution in [0.1, 0.15) is 46.8 Å². The van der Waals surface area contributed by atoms with E-state index in [1.807, 2.05) is 24.3 Å². The minimum atomic E-state index is -0.329. The van der Waals surface area contributed by atoms with Gasteiger partial charge in [0.05, 0.1) is 29.9 Å². The zero-order chi connectivity index (χ0) is 30.6. The molecular weight excluding hydrogens is 584 g/mol. The predicted molar refractivity (Wildman–Crippen MR) is 165 cm³/mol. The number of halogens is 1. The molecule has 4 aromatic rings. The zero-order valence-electron chi connectivity index (χ0n) is 24.4. The third kappa shape index (κ3) is 6.59.